The summed E-state index contributed by atoms with van der Waals surface area (Å²) < 4.78 is 14.4. The summed E-state index contributed by atoms with van der Waals surface area (Å²) in [5, 5.41) is 0. The van der Waals surface area contributed by atoms with Crippen LogP contribution >= 0.6 is 0 Å². The number of anilines is 1. The first-order valence-electron chi connectivity index (χ1n) is 8.30. The molecule has 0 aliphatic rings. The zero-order valence-corrected chi connectivity index (χ0v) is 14.0. The molecule has 2 nitrogen and oxygen atoms in total. The number of nitrogens with two attached hydrogens (primary N) is 1. The summed E-state index contributed by atoms with van der Waals surface area (Å²) in [6, 6.07) is 5.75. The van der Waals surface area contributed by atoms with E-state index in [1.165, 1.54) is 12.8 Å². The van der Waals surface area contributed by atoms with Crippen molar-refractivity contribution in [1.82, 2.24) is 0 Å². The van der Waals surface area contributed by atoms with Crippen LogP contribution < -0.4 is 10.6 Å². The normalized spacial score (nSPS) is 12.7. The summed E-state index contributed by atoms with van der Waals surface area (Å²) in [5.74, 6) is -0.124. The number of benzene rings is 1. The lowest BCUT2D eigenvalue weighted by Gasteiger charge is -2.32. The SMILES string of the molecule is CCCCCN(c1c(F)cccc1CC(N)CC)C(C)C. The first kappa shape index (κ1) is 18.0. The van der Waals surface area contributed by atoms with Crippen molar-refractivity contribution in [1.29, 1.82) is 0 Å². The molecular formula is C18H31FN2. The number of para-hydroxylation sites is 1. The Bertz CT molecular complexity index is 418. The maximum atomic E-state index is 14.4. The third-order valence-corrected chi connectivity index (χ3v) is 3.99. The van der Waals surface area contributed by atoms with Crippen LogP contribution in [0, 0.1) is 5.82 Å². The predicted octanol–water partition coefficient (Wildman–Crippen LogP) is 4.51. The van der Waals surface area contributed by atoms with Crippen molar-refractivity contribution >= 4 is 5.69 Å². The first-order valence-corrected chi connectivity index (χ1v) is 8.30. The van der Waals surface area contributed by atoms with Gasteiger partial charge in [0.2, 0.25) is 0 Å². The Kier molecular flexibility index (Phi) is 7.73. The molecule has 1 aromatic rings. The molecule has 0 bridgehead atoms. The second kappa shape index (κ2) is 9.04. The smallest absolute Gasteiger partial charge is 0.146 e. The molecule has 2 N–H and O–H groups in total. The van der Waals surface area contributed by atoms with Crippen LogP contribution in [0.1, 0.15) is 58.9 Å². The first-order chi connectivity index (χ1) is 10.0. The van der Waals surface area contributed by atoms with Crippen LogP contribution in [0.25, 0.3) is 0 Å². The van der Waals surface area contributed by atoms with Gasteiger partial charge >= 0.3 is 0 Å². The van der Waals surface area contributed by atoms with Gasteiger partial charge in [-0.2, -0.15) is 0 Å². The van der Waals surface area contributed by atoms with E-state index in [0.717, 1.165) is 37.1 Å². The minimum atomic E-state index is -0.124. The zero-order chi connectivity index (χ0) is 15.8. The molecule has 0 saturated heterocycles. The standard InChI is InChI=1S/C18H31FN2/c1-5-7-8-12-21(14(3)4)18-15(13-16(20)6-2)10-9-11-17(18)19/h9-11,14,16H,5-8,12-13,20H2,1-4H3. The highest BCUT2D eigenvalue weighted by molar-refractivity contribution is 5.56. The van der Waals surface area contributed by atoms with E-state index in [1.807, 2.05) is 6.07 Å². The number of nitrogens with zero attached hydrogens (tertiary/aromatic N) is 1. The fourth-order valence-electron chi connectivity index (χ4n) is 2.63. The van der Waals surface area contributed by atoms with Crippen LogP contribution in [-0.2, 0) is 6.42 Å². The van der Waals surface area contributed by atoms with E-state index in [-0.39, 0.29) is 17.9 Å². The van der Waals surface area contributed by atoms with E-state index < -0.39 is 0 Å². The lowest BCUT2D eigenvalue weighted by Crippen LogP contribution is -2.34. The lowest BCUT2D eigenvalue weighted by atomic mass is 10.0. The van der Waals surface area contributed by atoms with Crippen molar-refractivity contribution in [2.75, 3.05) is 11.4 Å². The Balaban J connectivity index is 3.04. The third-order valence-electron chi connectivity index (χ3n) is 3.99. The molecule has 0 spiro atoms. The molecule has 120 valence electrons. The molecule has 0 fully saturated rings. The fourth-order valence-corrected chi connectivity index (χ4v) is 2.63. The molecule has 1 aromatic carbocycles. The molecule has 0 radical (unpaired) electrons. The van der Waals surface area contributed by atoms with Gasteiger partial charge in [0.05, 0.1) is 5.69 Å². The number of hydrogen-bond donors (Lipinski definition) is 1. The van der Waals surface area contributed by atoms with Gasteiger partial charge in [0, 0.05) is 18.6 Å². The summed E-state index contributed by atoms with van der Waals surface area (Å²) in [4.78, 5) is 2.20. The van der Waals surface area contributed by atoms with Crippen molar-refractivity contribution in [3.63, 3.8) is 0 Å². The zero-order valence-electron chi connectivity index (χ0n) is 14.0. The van der Waals surface area contributed by atoms with E-state index >= 15 is 0 Å². The second-order valence-corrected chi connectivity index (χ2v) is 6.11. The Labute approximate surface area is 129 Å². The molecule has 0 amide bonds. The molecule has 0 aliphatic heterocycles. The van der Waals surface area contributed by atoms with E-state index in [2.05, 4.69) is 32.6 Å². The van der Waals surface area contributed by atoms with Crippen LogP contribution in [0.2, 0.25) is 0 Å². The Morgan fingerprint density at radius 1 is 1.19 bits per heavy atom. The van der Waals surface area contributed by atoms with E-state index in [4.69, 9.17) is 5.73 Å². The van der Waals surface area contributed by atoms with Gasteiger partial charge in [-0.15, -0.1) is 0 Å². The van der Waals surface area contributed by atoms with Gasteiger partial charge in [0.25, 0.3) is 0 Å². The lowest BCUT2D eigenvalue weighted by molar-refractivity contribution is 0.574. The molecule has 1 rings (SSSR count). The molecular weight excluding hydrogens is 263 g/mol. The van der Waals surface area contributed by atoms with E-state index in [9.17, 15) is 4.39 Å². The Morgan fingerprint density at radius 2 is 1.90 bits per heavy atom. The highest BCUT2D eigenvalue weighted by atomic mass is 19.1. The topological polar surface area (TPSA) is 29.3 Å². The number of halogens is 1. The summed E-state index contributed by atoms with van der Waals surface area (Å²) in [6.07, 6.45) is 5.11. The summed E-state index contributed by atoms with van der Waals surface area (Å²) >= 11 is 0. The number of hydrogen-bond acceptors (Lipinski definition) is 2. The maximum absolute atomic E-state index is 14.4. The quantitative estimate of drug-likeness (QED) is 0.679. The van der Waals surface area contributed by atoms with Gasteiger partial charge in [-0.25, -0.2) is 4.39 Å². The minimum absolute atomic E-state index is 0.0928. The highest BCUT2D eigenvalue weighted by Crippen LogP contribution is 2.28. The minimum Gasteiger partial charge on any atom is -0.367 e. The Hall–Kier alpha value is -1.09. The molecule has 1 atom stereocenters. The van der Waals surface area contributed by atoms with Crippen LogP contribution in [0.15, 0.2) is 18.2 Å². The average molecular weight is 294 g/mol. The third kappa shape index (κ3) is 5.31. The predicted molar refractivity (Wildman–Crippen MR) is 90.4 cm³/mol. The molecule has 21 heavy (non-hydrogen) atoms. The van der Waals surface area contributed by atoms with E-state index in [1.54, 1.807) is 12.1 Å². The molecule has 0 saturated carbocycles. The van der Waals surface area contributed by atoms with E-state index in [0.29, 0.717) is 0 Å². The average Bonchev–Trinajstić information content (AvgIpc) is 2.44. The van der Waals surface area contributed by atoms with Crippen LogP contribution in [0.5, 0.6) is 0 Å². The van der Waals surface area contributed by atoms with Crippen LogP contribution in [-0.4, -0.2) is 18.6 Å². The second-order valence-electron chi connectivity index (χ2n) is 6.11. The summed E-state index contributed by atoms with van der Waals surface area (Å²) in [6.45, 7) is 9.42. The van der Waals surface area contributed by atoms with Crippen molar-refractivity contribution in [2.45, 2.75) is 71.9 Å². The molecule has 1 unspecified atom stereocenters. The largest absolute Gasteiger partial charge is 0.367 e. The van der Waals surface area contributed by atoms with Crippen molar-refractivity contribution in [2.24, 2.45) is 5.73 Å². The van der Waals surface area contributed by atoms with Gasteiger partial charge in [-0.05, 0) is 44.7 Å². The molecule has 0 aromatic heterocycles. The van der Waals surface area contributed by atoms with Crippen molar-refractivity contribution in [3.05, 3.63) is 29.6 Å². The monoisotopic (exact) mass is 294 g/mol. The molecule has 3 heteroatoms. The molecule has 0 heterocycles. The molecule has 0 aliphatic carbocycles. The van der Waals surface area contributed by atoms with Gasteiger partial charge in [0.15, 0.2) is 0 Å². The van der Waals surface area contributed by atoms with Gasteiger partial charge in [-0.1, -0.05) is 38.8 Å². The highest BCUT2D eigenvalue weighted by Gasteiger charge is 2.19. The summed E-state index contributed by atoms with van der Waals surface area (Å²) in [5.41, 5.74) is 7.87. The van der Waals surface area contributed by atoms with Crippen molar-refractivity contribution in [3.8, 4) is 0 Å². The fraction of sp³-hybridized carbons (Fsp3) is 0.667. The maximum Gasteiger partial charge on any atom is 0.146 e. The van der Waals surface area contributed by atoms with Crippen LogP contribution in [0.3, 0.4) is 0 Å². The number of unbranched alkanes of at least 4 members (excludes halogenated alkanes) is 2. The van der Waals surface area contributed by atoms with Gasteiger partial charge in [0.1, 0.15) is 5.82 Å². The number of rotatable bonds is 9. The summed E-state index contributed by atoms with van der Waals surface area (Å²) in [7, 11) is 0. The van der Waals surface area contributed by atoms with Crippen LogP contribution in [0.4, 0.5) is 10.1 Å². The van der Waals surface area contributed by atoms with Crippen molar-refractivity contribution < 1.29 is 4.39 Å². The Morgan fingerprint density at radius 3 is 2.48 bits per heavy atom. The van der Waals surface area contributed by atoms with Gasteiger partial charge in [-0.3, -0.25) is 0 Å². The van der Waals surface area contributed by atoms with Gasteiger partial charge < -0.3 is 10.6 Å².